The standard InChI is InChI=1S/C16H14Cl2N2O4/c17-3-19-13(21)9-5-1-2-6(10(9)14(19)22)8-7(5)11-12(8)16(24)20(4-18)15(11)23/h1-2,5-12H,3-4H2/t5-,6-,7-,8-,9-,10-,11-,12-/m1/s1. The van der Waals surface area contributed by atoms with Gasteiger partial charge in [-0.25, -0.2) is 0 Å². The number of alkyl halides is 2. The molecule has 2 heterocycles. The third kappa shape index (κ3) is 1.38. The van der Waals surface area contributed by atoms with Crippen LogP contribution in [0.15, 0.2) is 12.2 Å². The average Bonchev–Trinajstić information content (AvgIpc) is 2.91. The van der Waals surface area contributed by atoms with Gasteiger partial charge in [0, 0.05) is 0 Å². The van der Waals surface area contributed by atoms with Crippen LogP contribution in [0.2, 0.25) is 0 Å². The number of nitrogens with zero attached hydrogens (tertiary/aromatic N) is 2. The lowest BCUT2D eigenvalue weighted by molar-refractivity contribution is -0.166. The lowest BCUT2D eigenvalue weighted by Crippen LogP contribution is -2.63. The summed E-state index contributed by atoms with van der Waals surface area (Å²) in [4.78, 5) is 52.5. The van der Waals surface area contributed by atoms with Crippen molar-refractivity contribution < 1.29 is 19.2 Å². The predicted molar refractivity (Wildman–Crippen MR) is 82.2 cm³/mol. The molecule has 0 radical (unpaired) electrons. The fourth-order valence-corrected chi connectivity index (χ4v) is 6.43. The summed E-state index contributed by atoms with van der Waals surface area (Å²) in [7, 11) is 0. The largest absolute Gasteiger partial charge is 0.274 e. The van der Waals surface area contributed by atoms with Gasteiger partial charge in [0.1, 0.15) is 12.0 Å². The second-order valence-electron chi connectivity index (χ2n) is 7.25. The van der Waals surface area contributed by atoms with E-state index in [1.54, 1.807) is 0 Å². The highest BCUT2D eigenvalue weighted by Crippen LogP contribution is 2.68. The number of carbonyl (C=O) groups excluding carboxylic acids is 4. The summed E-state index contributed by atoms with van der Waals surface area (Å²) in [6.07, 6.45) is 3.93. The molecular weight excluding hydrogens is 355 g/mol. The Morgan fingerprint density at radius 3 is 1.33 bits per heavy atom. The van der Waals surface area contributed by atoms with Crippen LogP contribution in [0.25, 0.3) is 0 Å². The summed E-state index contributed by atoms with van der Waals surface area (Å²) in [6.45, 7) is 0. The SMILES string of the molecule is O=C1[C@@H]2[C@@H]3C=C[C@@H]([C@H]2C(=O)N1CCl)[C@H]1[C@H]2C(=O)N(CCl)C(=O)[C@@H]2[C@H]31. The number of hydrogen-bond acceptors (Lipinski definition) is 4. The van der Waals surface area contributed by atoms with E-state index < -0.39 is 23.7 Å². The van der Waals surface area contributed by atoms with Crippen molar-refractivity contribution in [3.05, 3.63) is 12.2 Å². The van der Waals surface area contributed by atoms with Gasteiger partial charge in [-0.2, -0.15) is 0 Å². The molecule has 0 aromatic heterocycles. The van der Waals surface area contributed by atoms with Gasteiger partial charge in [-0.3, -0.25) is 29.0 Å². The van der Waals surface area contributed by atoms with Gasteiger partial charge in [-0.05, 0) is 23.7 Å². The number of fused-ring (bicyclic) bond motifs is 1. The highest BCUT2D eigenvalue weighted by molar-refractivity contribution is 6.22. The third-order valence-corrected chi connectivity index (χ3v) is 7.24. The van der Waals surface area contributed by atoms with Gasteiger partial charge in [0.05, 0.1) is 23.7 Å². The minimum Gasteiger partial charge on any atom is -0.274 e. The van der Waals surface area contributed by atoms with Crippen LogP contribution in [0.1, 0.15) is 0 Å². The van der Waals surface area contributed by atoms with E-state index in [9.17, 15) is 19.2 Å². The lowest BCUT2D eigenvalue weighted by atomic mass is 9.40. The molecule has 4 aliphatic carbocycles. The summed E-state index contributed by atoms with van der Waals surface area (Å²) in [6, 6.07) is -0.290. The Bertz CT molecular complexity index is 682. The van der Waals surface area contributed by atoms with Crippen LogP contribution >= 0.6 is 23.2 Å². The smallest absolute Gasteiger partial charge is 0.234 e. The zero-order valence-corrected chi connectivity index (χ0v) is 14.0. The Morgan fingerprint density at radius 1 is 0.667 bits per heavy atom. The molecular formula is C16H14Cl2N2O4. The summed E-state index contributed by atoms with van der Waals surface area (Å²) in [5.41, 5.74) is 0. The molecule has 4 amide bonds. The first-order valence-electron chi connectivity index (χ1n) is 8.03. The van der Waals surface area contributed by atoms with Crippen molar-refractivity contribution in [3.63, 3.8) is 0 Å². The highest BCUT2D eigenvalue weighted by Gasteiger charge is 2.74. The van der Waals surface area contributed by atoms with Crippen LogP contribution < -0.4 is 0 Å². The van der Waals surface area contributed by atoms with E-state index in [0.29, 0.717) is 0 Å². The second kappa shape index (κ2) is 4.61. The van der Waals surface area contributed by atoms with Crippen molar-refractivity contribution in [2.45, 2.75) is 0 Å². The van der Waals surface area contributed by atoms with E-state index in [0.717, 1.165) is 9.80 Å². The van der Waals surface area contributed by atoms with Gasteiger partial charge in [-0.1, -0.05) is 12.2 Å². The minimum atomic E-state index is -0.443. The number of amides is 4. The van der Waals surface area contributed by atoms with Crippen molar-refractivity contribution in [1.29, 1.82) is 0 Å². The maximum Gasteiger partial charge on any atom is 0.234 e. The lowest BCUT2D eigenvalue weighted by Gasteiger charge is -2.60. The number of halogens is 2. The Morgan fingerprint density at radius 2 is 1.00 bits per heavy atom. The minimum absolute atomic E-state index is 0.0528. The van der Waals surface area contributed by atoms with E-state index in [-0.39, 0.29) is 59.3 Å². The molecule has 0 N–H and O–H groups in total. The Labute approximate surface area is 147 Å². The summed E-state index contributed by atoms with van der Waals surface area (Å²) in [5, 5.41) is 0. The summed E-state index contributed by atoms with van der Waals surface area (Å²) >= 11 is 11.5. The first-order chi connectivity index (χ1) is 11.5. The van der Waals surface area contributed by atoms with Crippen molar-refractivity contribution in [2.24, 2.45) is 47.3 Å². The molecule has 126 valence electrons. The molecule has 6 nitrogen and oxygen atoms in total. The van der Waals surface area contributed by atoms with Crippen LogP contribution in [-0.2, 0) is 19.2 Å². The molecule has 0 unspecified atom stereocenters. The maximum atomic E-state index is 12.6. The molecule has 6 aliphatic rings. The highest BCUT2D eigenvalue weighted by atomic mass is 35.5. The summed E-state index contributed by atoms with van der Waals surface area (Å²) < 4.78 is 0. The number of imide groups is 2. The van der Waals surface area contributed by atoms with Crippen LogP contribution in [0.5, 0.6) is 0 Å². The van der Waals surface area contributed by atoms with Crippen LogP contribution in [0, 0.1) is 47.3 Å². The van der Waals surface area contributed by atoms with Crippen molar-refractivity contribution in [1.82, 2.24) is 9.80 Å². The zero-order chi connectivity index (χ0) is 16.9. The quantitative estimate of drug-likeness (QED) is 0.310. The van der Waals surface area contributed by atoms with E-state index in [1.165, 1.54) is 0 Å². The first-order valence-corrected chi connectivity index (χ1v) is 9.10. The molecule has 2 saturated carbocycles. The third-order valence-electron chi connectivity index (χ3n) is 6.77. The molecule has 0 spiro atoms. The maximum absolute atomic E-state index is 12.6. The van der Waals surface area contributed by atoms with Gasteiger partial charge >= 0.3 is 0 Å². The molecule has 6 rings (SSSR count). The fourth-order valence-electron chi connectivity index (χ4n) is 5.96. The van der Waals surface area contributed by atoms with E-state index in [2.05, 4.69) is 0 Å². The van der Waals surface area contributed by atoms with Gasteiger partial charge in [0.15, 0.2) is 0 Å². The molecule has 4 fully saturated rings. The van der Waals surface area contributed by atoms with Gasteiger partial charge in [0.25, 0.3) is 0 Å². The Hall–Kier alpha value is -1.40. The van der Waals surface area contributed by atoms with Crippen molar-refractivity contribution >= 4 is 46.8 Å². The number of carbonyl (C=O) groups is 4. The van der Waals surface area contributed by atoms with Crippen molar-refractivity contribution in [2.75, 3.05) is 12.0 Å². The molecule has 2 bridgehead atoms. The summed E-state index contributed by atoms with van der Waals surface area (Å²) in [5.74, 6) is -3.09. The molecule has 2 saturated heterocycles. The molecule has 0 aromatic rings. The number of rotatable bonds is 2. The molecule has 0 aromatic carbocycles. The van der Waals surface area contributed by atoms with Crippen molar-refractivity contribution in [3.8, 4) is 0 Å². The van der Waals surface area contributed by atoms with E-state index >= 15 is 0 Å². The number of likely N-dealkylation sites (tertiary alicyclic amines) is 2. The monoisotopic (exact) mass is 368 g/mol. The topological polar surface area (TPSA) is 74.8 Å². The van der Waals surface area contributed by atoms with Gasteiger partial charge in [-0.15, -0.1) is 23.2 Å². The van der Waals surface area contributed by atoms with Crippen LogP contribution in [0.3, 0.4) is 0 Å². The first kappa shape index (κ1) is 14.9. The zero-order valence-electron chi connectivity index (χ0n) is 12.5. The number of hydrogen-bond donors (Lipinski definition) is 0. The molecule has 8 atom stereocenters. The van der Waals surface area contributed by atoms with Crippen LogP contribution in [-0.4, -0.2) is 45.4 Å². The van der Waals surface area contributed by atoms with Gasteiger partial charge in [0.2, 0.25) is 23.6 Å². The Kier molecular flexibility index (Phi) is 2.86. The molecule has 8 heteroatoms. The van der Waals surface area contributed by atoms with Gasteiger partial charge < -0.3 is 0 Å². The van der Waals surface area contributed by atoms with Crippen LogP contribution in [0.4, 0.5) is 0 Å². The molecule has 2 aliphatic heterocycles. The van der Waals surface area contributed by atoms with E-state index in [1.807, 2.05) is 12.2 Å². The molecule has 24 heavy (non-hydrogen) atoms. The average molecular weight is 369 g/mol. The fraction of sp³-hybridized carbons (Fsp3) is 0.625. The number of allylic oxidation sites excluding steroid dienone is 2. The Balaban J connectivity index is 1.57. The normalized spacial score (nSPS) is 47.9. The second-order valence-corrected chi connectivity index (χ2v) is 7.72. The predicted octanol–water partition coefficient (Wildman–Crippen LogP) is 0.643. The van der Waals surface area contributed by atoms with E-state index in [4.69, 9.17) is 23.2 Å².